The van der Waals surface area contributed by atoms with Crippen molar-refractivity contribution in [1.82, 2.24) is 0 Å². The molecule has 0 aliphatic rings. The average Bonchev–Trinajstić information content (AvgIpc) is 2.98. The molecule has 0 aromatic rings. The van der Waals surface area contributed by atoms with Gasteiger partial charge < -0.3 is 4.74 Å². The molecule has 0 radical (unpaired) electrons. The molecule has 0 aromatic heterocycles. The summed E-state index contributed by atoms with van der Waals surface area (Å²) >= 11 is 0. The first kappa shape index (κ1) is 44.9. The molecule has 0 spiro atoms. The van der Waals surface area contributed by atoms with E-state index in [4.69, 9.17) is 4.74 Å². The first-order chi connectivity index (χ1) is 20.4. The lowest BCUT2D eigenvalue weighted by molar-refractivity contribution is 0.125. The van der Waals surface area contributed by atoms with E-state index >= 15 is 0 Å². The highest BCUT2D eigenvalue weighted by atomic mass is 24.3. The summed E-state index contributed by atoms with van der Waals surface area (Å²) < 4.78 is 5.89. The summed E-state index contributed by atoms with van der Waals surface area (Å²) in [6.07, 6.45) is 52.0. The smallest absolute Gasteiger partial charge is 0.316 e. The molecular formula is C40H84MgO. The Hall–Kier alpha value is 0.726. The van der Waals surface area contributed by atoms with Gasteiger partial charge in [-0.2, -0.15) is 0 Å². The topological polar surface area (TPSA) is 9.23 Å². The molecule has 1 nitrogen and oxygen atoms in total. The Morgan fingerprint density at radius 2 is 0.357 bits per heavy atom. The number of hydrogen-bond donors (Lipinski definition) is 0. The zero-order valence-corrected chi connectivity index (χ0v) is 29.3. The first-order valence-electron chi connectivity index (χ1n) is 20.0. The Morgan fingerprint density at radius 3 is 0.524 bits per heavy atom. The SMILES string of the molecule is CCCCCCCCCCCCCCCCCCCCOCCCCCCCCCCCCCCCCCCCC.[MgH2]. The molecule has 0 fully saturated rings. The van der Waals surface area contributed by atoms with Gasteiger partial charge in [-0.05, 0) is 12.8 Å². The zero-order valence-electron chi connectivity index (χ0n) is 29.3. The second-order valence-electron chi connectivity index (χ2n) is 13.6. The molecular weight excluding hydrogens is 521 g/mol. The van der Waals surface area contributed by atoms with Gasteiger partial charge in [0.2, 0.25) is 0 Å². The van der Waals surface area contributed by atoms with E-state index in [1.54, 1.807) is 0 Å². The van der Waals surface area contributed by atoms with Crippen LogP contribution in [-0.2, 0) is 4.74 Å². The van der Waals surface area contributed by atoms with E-state index in [1.165, 1.54) is 231 Å². The molecule has 0 atom stereocenters. The summed E-state index contributed by atoms with van der Waals surface area (Å²) in [5.74, 6) is 0. The van der Waals surface area contributed by atoms with Crippen molar-refractivity contribution < 1.29 is 4.74 Å². The van der Waals surface area contributed by atoms with Crippen LogP contribution < -0.4 is 0 Å². The molecule has 252 valence electrons. The average molecular weight is 605 g/mol. The highest BCUT2D eigenvalue weighted by Gasteiger charge is 1.97. The summed E-state index contributed by atoms with van der Waals surface area (Å²) in [7, 11) is 0. The van der Waals surface area contributed by atoms with Gasteiger partial charge in [-0.3, -0.25) is 0 Å². The van der Waals surface area contributed by atoms with Crippen LogP contribution in [0.5, 0.6) is 0 Å². The minimum atomic E-state index is 0. The highest BCUT2D eigenvalue weighted by molar-refractivity contribution is 5.75. The summed E-state index contributed by atoms with van der Waals surface area (Å²) in [6, 6.07) is 0. The maximum Gasteiger partial charge on any atom is 0.316 e. The number of ether oxygens (including phenoxy) is 1. The van der Waals surface area contributed by atoms with Gasteiger partial charge in [0.1, 0.15) is 0 Å². The van der Waals surface area contributed by atoms with Gasteiger partial charge in [0, 0.05) is 13.2 Å². The van der Waals surface area contributed by atoms with Crippen LogP contribution in [0.25, 0.3) is 0 Å². The van der Waals surface area contributed by atoms with Crippen LogP contribution in [0.3, 0.4) is 0 Å². The van der Waals surface area contributed by atoms with Crippen LogP contribution in [0, 0.1) is 0 Å². The maximum absolute atomic E-state index is 5.89. The Morgan fingerprint density at radius 1 is 0.214 bits per heavy atom. The molecule has 0 rings (SSSR count). The third-order valence-corrected chi connectivity index (χ3v) is 9.28. The standard InChI is InChI=1S/C40H82O.Mg.2H/c1-3-5-7-9-11-13-15-17-19-21-23-25-27-29-31-33-35-37-39-41-40-38-36-34-32-30-28-26-24-22-20-18-16-14-12-10-8-6-4-2;;;/h3-40H2,1-2H3;;;. The Labute approximate surface area is 284 Å². The largest absolute Gasteiger partial charge is 0.381 e. The van der Waals surface area contributed by atoms with E-state index in [9.17, 15) is 0 Å². The fourth-order valence-electron chi connectivity index (χ4n) is 6.31. The summed E-state index contributed by atoms with van der Waals surface area (Å²) in [5.41, 5.74) is 0. The molecule has 0 amide bonds. The second-order valence-corrected chi connectivity index (χ2v) is 13.6. The Bertz CT molecular complexity index is 388. The van der Waals surface area contributed by atoms with Crippen LogP contribution in [0.2, 0.25) is 0 Å². The monoisotopic (exact) mass is 605 g/mol. The minimum absolute atomic E-state index is 0. The van der Waals surface area contributed by atoms with Crippen molar-refractivity contribution >= 4 is 23.1 Å². The van der Waals surface area contributed by atoms with E-state index in [2.05, 4.69) is 13.8 Å². The first-order valence-corrected chi connectivity index (χ1v) is 20.0. The number of hydrogen-bond acceptors (Lipinski definition) is 1. The highest BCUT2D eigenvalue weighted by Crippen LogP contribution is 2.16. The van der Waals surface area contributed by atoms with Gasteiger partial charge in [0.15, 0.2) is 0 Å². The molecule has 42 heavy (non-hydrogen) atoms. The van der Waals surface area contributed by atoms with Gasteiger partial charge in [-0.1, -0.05) is 232 Å². The molecule has 2 heteroatoms. The molecule has 0 heterocycles. The van der Waals surface area contributed by atoms with Crippen molar-refractivity contribution in [1.29, 1.82) is 0 Å². The van der Waals surface area contributed by atoms with Crippen molar-refractivity contribution in [2.45, 2.75) is 245 Å². The Kier molecular flexibility index (Phi) is 46.8. The lowest BCUT2D eigenvalue weighted by Crippen LogP contribution is -1.97. The van der Waals surface area contributed by atoms with Crippen LogP contribution in [0.1, 0.15) is 245 Å². The Balaban J connectivity index is 0. The van der Waals surface area contributed by atoms with Crippen LogP contribution in [-0.4, -0.2) is 36.3 Å². The van der Waals surface area contributed by atoms with Crippen molar-refractivity contribution in [3.05, 3.63) is 0 Å². The van der Waals surface area contributed by atoms with Crippen LogP contribution in [0.4, 0.5) is 0 Å². The van der Waals surface area contributed by atoms with Gasteiger partial charge in [0.25, 0.3) is 0 Å². The molecule has 0 aromatic carbocycles. The predicted molar refractivity (Wildman–Crippen MR) is 197 cm³/mol. The van der Waals surface area contributed by atoms with Crippen molar-refractivity contribution in [3.63, 3.8) is 0 Å². The third kappa shape index (κ3) is 42.9. The molecule has 0 aliphatic carbocycles. The quantitative estimate of drug-likeness (QED) is 0.0503. The fourth-order valence-corrected chi connectivity index (χ4v) is 6.31. The molecule has 0 saturated heterocycles. The van der Waals surface area contributed by atoms with E-state index in [0.717, 1.165) is 13.2 Å². The van der Waals surface area contributed by atoms with Crippen molar-refractivity contribution in [3.8, 4) is 0 Å². The van der Waals surface area contributed by atoms with E-state index in [0.29, 0.717) is 0 Å². The van der Waals surface area contributed by atoms with Crippen LogP contribution >= 0.6 is 0 Å². The normalized spacial score (nSPS) is 11.3. The summed E-state index contributed by atoms with van der Waals surface area (Å²) in [6.45, 7) is 6.61. The number of unbranched alkanes of at least 4 members (excludes halogenated alkanes) is 34. The van der Waals surface area contributed by atoms with E-state index in [1.807, 2.05) is 0 Å². The third-order valence-electron chi connectivity index (χ3n) is 9.28. The maximum atomic E-state index is 5.89. The van der Waals surface area contributed by atoms with E-state index < -0.39 is 0 Å². The molecule has 0 N–H and O–H groups in total. The van der Waals surface area contributed by atoms with Gasteiger partial charge in [0.05, 0.1) is 0 Å². The van der Waals surface area contributed by atoms with Crippen LogP contribution in [0.15, 0.2) is 0 Å². The lowest BCUT2D eigenvalue weighted by atomic mass is 10.0. The van der Waals surface area contributed by atoms with Gasteiger partial charge in [-0.15, -0.1) is 0 Å². The van der Waals surface area contributed by atoms with Gasteiger partial charge in [-0.25, -0.2) is 0 Å². The molecule has 0 bridgehead atoms. The van der Waals surface area contributed by atoms with Gasteiger partial charge >= 0.3 is 23.1 Å². The fraction of sp³-hybridized carbons (Fsp3) is 1.00. The molecule has 0 unspecified atom stereocenters. The zero-order chi connectivity index (χ0) is 29.6. The minimum Gasteiger partial charge on any atom is -0.381 e. The summed E-state index contributed by atoms with van der Waals surface area (Å²) in [4.78, 5) is 0. The lowest BCUT2D eigenvalue weighted by Gasteiger charge is -2.06. The predicted octanol–water partition coefficient (Wildman–Crippen LogP) is 14.2. The van der Waals surface area contributed by atoms with Crippen molar-refractivity contribution in [2.75, 3.05) is 13.2 Å². The summed E-state index contributed by atoms with van der Waals surface area (Å²) in [5, 5.41) is 0. The molecule has 0 aliphatic heterocycles. The van der Waals surface area contributed by atoms with E-state index in [-0.39, 0.29) is 23.1 Å². The second kappa shape index (κ2) is 43.9. The van der Waals surface area contributed by atoms with Crippen molar-refractivity contribution in [2.24, 2.45) is 0 Å². The number of rotatable bonds is 38. The molecule has 0 saturated carbocycles.